The predicted octanol–water partition coefficient (Wildman–Crippen LogP) is 0.0661. The summed E-state index contributed by atoms with van der Waals surface area (Å²) in [5.74, 6) is -0.447. The highest BCUT2D eigenvalue weighted by Gasteiger charge is 2.24. The molecule has 0 bridgehead atoms. The maximum atomic E-state index is 12.1. The van der Waals surface area contributed by atoms with Gasteiger partial charge in [0.05, 0.1) is 18.7 Å². The number of carboxylic acid groups (broad SMARTS) is 1. The molecule has 0 atom stereocenters. The maximum absolute atomic E-state index is 12.1. The fourth-order valence-corrected chi connectivity index (χ4v) is 2.50. The maximum Gasteiger partial charge on any atom is 0.304 e. The highest BCUT2D eigenvalue weighted by molar-refractivity contribution is 7.86. The second-order valence-corrected chi connectivity index (χ2v) is 6.30. The van der Waals surface area contributed by atoms with E-state index in [9.17, 15) is 13.2 Å². The minimum absolute atomic E-state index is 0.0666. The van der Waals surface area contributed by atoms with E-state index in [-0.39, 0.29) is 19.5 Å². The number of carbonyl (C=O) groups is 1. The van der Waals surface area contributed by atoms with Gasteiger partial charge in [-0.25, -0.2) is 0 Å². The second-order valence-electron chi connectivity index (χ2n) is 4.16. The van der Waals surface area contributed by atoms with Gasteiger partial charge in [0, 0.05) is 26.7 Å². The van der Waals surface area contributed by atoms with Gasteiger partial charge >= 0.3 is 5.97 Å². The number of aliphatic carboxylic acids is 1. The van der Waals surface area contributed by atoms with E-state index in [1.165, 1.54) is 14.1 Å². The third kappa shape index (κ3) is 4.30. The van der Waals surface area contributed by atoms with E-state index in [4.69, 9.17) is 9.63 Å². The van der Waals surface area contributed by atoms with Crippen LogP contribution in [0, 0.1) is 6.92 Å². The van der Waals surface area contributed by atoms with Gasteiger partial charge in [-0.05, 0) is 6.92 Å². The van der Waals surface area contributed by atoms with Crippen LogP contribution in [0.5, 0.6) is 0 Å². The molecule has 1 aromatic heterocycles. The van der Waals surface area contributed by atoms with Gasteiger partial charge in [0.25, 0.3) is 10.2 Å². The van der Waals surface area contributed by atoms with Crippen molar-refractivity contribution >= 4 is 16.2 Å². The molecule has 0 fully saturated rings. The molecule has 0 saturated carbocycles. The summed E-state index contributed by atoms with van der Waals surface area (Å²) in [5, 5.41) is 12.3. The number of carboxylic acids is 1. The van der Waals surface area contributed by atoms with Crippen LogP contribution >= 0.6 is 0 Å². The zero-order chi connectivity index (χ0) is 14.6. The molecule has 0 aliphatic carbocycles. The zero-order valence-electron chi connectivity index (χ0n) is 11.0. The number of hydrogen-bond acceptors (Lipinski definition) is 5. The van der Waals surface area contributed by atoms with Crippen LogP contribution in [-0.2, 0) is 21.5 Å². The first-order valence-corrected chi connectivity index (χ1v) is 6.94. The van der Waals surface area contributed by atoms with Crippen LogP contribution in [0.2, 0.25) is 0 Å². The molecule has 1 heterocycles. The summed E-state index contributed by atoms with van der Waals surface area (Å²) in [7, 11) is -0.966. The van der Waals surface area contributed by atoms with Gasteiger partial charge in [0.2, 0.25) is 0 Å². The number of nitrogens with zero attached hydrogens (tertiary/aromatic N) is 3. The summed E-state index contributed by atoms with van der Waals surface area (Å²) in [5.41, 5.74) is 0.496. The SMILES string of the molecule is Cc1cc(CN(C)S(=O)(=O)N(C)CCC(=O)O)no1. The lowest BCUT2D eigenvalue weighted by atomic mass is 10.4. The van der Waals surface area contributed by atoms with Crippen LogP contribution in [0.1, 0.15) is 17.9 Å². The third-order valence-electron chi connectivity index (χ3n) is 2.49. The summed E-state index contributed by atoms with van der Waals surface area (Å²) in [6.07, 6.45) is -0.243. The number of hydrogen-bond donors (Lipinski definition) is 1. The summed E-state index contributed by atoms with van der Waals surface area (Å²) in [6, 6.07) is 1.64. The van der Waals surface area contributed by atoms with Crippen LogP contribution in [0.25, 0.3) is 0 Å². The molecule has 0 aromatic carbocycles. The molecule has 1 aromatic rings. The van der Waals surface area contributed by atoms with Gasteiger partial charge in [0.1, 0.15) is 5.76 Å². The van der Waals surface area contributed by atoms with Crippen LogP contribution in [0.15, 0.2) is 10.6 Å². The van der Waals surface area contributed by atoms with Crippen molar-refractivity contribution in [3.05, 3.63) is 17.5 Å². The molecule has 0 amide bonds. The van der Waals surface area contributed by atoms with Crippen LogP contribution in [0.3, 0.4) is 0 Å². The Hall–Kier alpha value is -1.45. The highest BCUT2D eigenvalue weighted by atomic mass is 32.2. The first kappa shape index (κ1) is 15.6. The fourth-order valence-electron chi connectivity index (χ4n) is 1.41. The molecule has 19 heavy (non-hydrogen) atoms. The second kappa shape index (κ2) is 6.13. The van der Waals surface area contributed by atoms with Crippen molar-refractivity contribution in [1.82, 2.24) is 13.8 Å². The van der Waals surface area contributed by atoms with E-state index in [2.05, 4.69) is 5.16 Å². The van der Waals surface area contributed by atoms with Crippen molar-refractivity contribution in [3.63, 3.8) is 0 Å². The highest BCUT2D eigenvalue weighted by Crippen LogP contribution is 2.10. The first-order chi connectivity index (χ1) is 8.73. The van der Waals surface area contributed by atoms with Crippen molar-refractivity contribution < 1.29 is 22.8 Å². The molecule has 9 heteroatoms. The fraction of sp³-hybridized carbons (Fsp3) is 0.600. The molecule has 0 aliphatic rings. The van der Waals surface area contributed by atoms with Crippen molar-refractivity contribution in [2.45, 2.75) is 19.9 Å². The lowest BCUT2D eigenvalue weighted by Crippen LogP contribution is -2.40. The molecule has 1 N–H and O–H groups in total. The smallest absolute Gasteiger partial charge is 0.304 e. The Labute approximate surface area is 111 Å². The van der Waals surface area contributed by atoms with E-state index in [1.54, 1.807) is 13.0 Å². The Morgan fingerprint density at radius 2 is 2.05 bits per heavy atom. The Bertz CT molecular complexity index is 539. The van der Waals surface area contributed by atoms with Gasteiger partial charge in [-0.2, -0.15) is 17.0 Å². The monoisotopic (exact) mass is 291 g/mol. The minimum Gasteiger partial charge on any atom is -0.481 e. The van der Waals surface area contributed by atoms with Crippen molar-refractivity contribution in [2.24, 2.45) is 0 Å². The topological polar surface area (TPSA) is 104 Å². The van der Waals surface area contributed by atoms with Crippen LogP contribution in [0.4, 0.5) is 0 Å². The molecule has 8 nitrogen and oxygen atoms in total. The Kier molecular flexibility index (Phi) is 5.04. The first-order valence-electron chi connectivity index (χ1n) is 5.55. The number of aromatic nitrogens is 1. The molecule has 0 aliphatic heterocycles. The summed E-state index contributed by atoms with van der Waals surface area (Å²) < 4.78 is 31.0. The molecule has 0 saturated heterocycles. The average Bonchev–Trinajstić information content (AvgIpc) is 2.71. The zero-order valence-corrected chi connectivity index (χ0v) is 11.8. The Morgan fingerprint density at radius 1 is 1.42 bits per heavy atom. The molecule has 0 radical (unpaired) electrons. The van der Waals surface area contributed by atoms with Gasteiger partial charge in [0.15, 0.2) is 0 Å². The normalized spacial score (nSPS) is 12.3. The van der Waals surface area contributed by atoms with Crippen molar-refractivity contribution in [3.8, 4) is 0 Å². The Morgan fingerprint density at radius 3 is 2.53 bits per heavy atom. The Balaban J connectivity index is 2.67. The lowest BCUT2D eigenvalue weighted by molar-refractivity contribution is -0.137. The third-order valence-corrected chi connectivity index (χ3v) is 4.38. The van der Waals surface area contributed by atoms with E-state index in [0.717, 1.165) is 8.61 Å². The standard InChI is InChI=1S/C10H17N3O5S/c1-8-6-9(11-18-8)7-13(3)19(16,17)12(2)5-4-10(14)15/h6H,4-5,7H2,1-3H3,(H,14,15). The van der Waals surface area contributed by atoms with E-state index >= 15 is 0 Å². The number of aryl methyl sites for hydroxylation is 1. The molecule has 0 spiro atoms. The number of rotatable bonds is 7. The van der Waals surface area contributed by atoms with Gasteiger partial charge in [-0.15, -0.1) is 0 Å². The quantitative estimate of drug-likeness (QED) is 0.762. The predicted molar refractivity (Wildman–Crippen MR) is 66.5 cm³/mol. The van der Waals surface area contributed by atoms with E-state index < -0.39 is 16.2 Å². The molecule has 1 rings (SSSR count). The van der Waals surface area contributed by atoms with Crippen LogP contribution < -0.4 is 0 Å². The summed E-state index contributed by atoms with van der Waals surface area (Å²) in [6.45, 7) is 1.70. The largest absolute Gasteiger partial charge is 0.481 e. The van der Waals surface area contributed by atoms with E-state index in [0.29, 0.717) is 11.5 Å². The van der Waals surface area contributed by atoms with Gasteiger partial charge in [-0.3, -0.25) is 4.79 Å². The van der Waals surface area contributed by atoms with Gasteiger partial charge < -0.3 is 9.63 Å². The van der Waals surface area contributed by atoms with E-state index in [1.807, 2.05) is 0 Å². The molecule has 108 valence electrons. The molecule has 0 unspecified atom stereocenters. The summed E-state index contributed by atoms with van der Waals surface area (Å²) in [4.78, 5) is 10.4. The summed E-state index contributed by atoms with van der Waals surface area (Å²) >= 11 is 0. The van der Waals surface area contributed by atoms with Crippen molar-refractivity contribution in [1.29, 1.82) is 0 Å². The van der Waals surface area contributed by atoms with Gasteiger partial charge in [-0.1, -0.05) is 5.16 Å². The lowest BCUT2D eigenvalue weighted by Gasteiger charge is -2.23. The minimum atomic E-state index is -3.70. The average molecular weight is 291 g/mol. The van der Waals surface area contributed by atoms with Crippen LogP contribution in [-0.4, -0.2) is 53.9 Å². The molecular weight excluding hydrogens is 274 g/mol. The van der Waals surface area contributed by atoms with Crippen molar-refractivity contribution in [2.75, 3.05) is 20.6 Å². The molecular formula is C10H17N3O5S.